The van der Waals surface area contributed by atoms with E-state index in [0.29, 0.717) is 18.7 Å². The van der Waals surface area contributed by atoms with Gasteiger partial charge in [-0.25, -0.2) is 4.90 Å². The molecule has 7 heteroatoms. The fourth-order valence-corrected chi connectivity index (χ4v) is 4.99. The maximum Gasteiger partial charge on any atom is 0.257 e. The van der Waals surface area contributed by atoms with E-state index in [4.69, 9.17) is 0 Å². The van der Waals surface area contributed by atoms with Crippen LogP contribution in [0.2, 0.25) is 0 Å². The molecule has 3 amide bonds. The zero-order valence-corrected chi connectivity index (χ0v) is 21.1. The van der Waals surface area contributed by atoms with E-state index >= 15 is 0 Å². The van der Waals surface area contributed by atoms with Crippen molar-refractivity contribution in [3.63, 3.8) is 0 Å². The summed E-state index contributed by atoms with van der Waals surface area (Å²) in [5.74, 6) is -0.797. The number of anilines is 1. The van der Waals surface area contributed by atoms with Crippen LogP contribution in [0.25, 0.3) is 10.9 Å². The molecule has 4 aromatic rings. The first kappa shape index (κ1) is 23.3. The molecular formula is C28H24IN3O3. The van der Waals surface area contributed by atoms with Gasteiger partial charge in [0.15, 0.2) is 0 Å². The fourth-order valence-electron chi connectivity index (χ4n) is 4.63. The summed E-state index contributed by atoms with van der Waals surface area (Å²) >= 11 is 2.18. The van der Waals surface area contributed by atoms with Gasteiger partial charge < -0.3 is 9.88 Å². The van der Waals surface area contributed by atoms with Crippen LogP contribution < -0.4 is 4.90 Å². The van der Waals surface area contributed by atoms with Crippen LogP contribution in [-0.2, 0) is 27.2 Å². The van der Waals surface area contributed by atoms with Crippen LogP contribution in [0.3, 0.4) is 0 Å². The number of fused-ring (bicyclic) bond motifs is 1. The van der Waals surface area contributed by atoms with E-state index in [1.165, 1.54) is 4.90 Å². The van der Waals surface area contributed by atoms with Crippen molar-refractivity contribution < 1.29 is 14.4 Å². The molecule has 1 aliphatic rings. The van der Waals surface area contributed by atoms with Crippen molar-refractivity contribution in [1.29, 1.82) is 0 Å². The molecule has 1 fully saturated rings. The monoisotopic (exact) mass is 577 g/mol. The minimum absolute atomic E-state index is 0.0146. The highest BCUT2D eigenvalue weighted by atomic mass is 127. The number of benzene rings is 3. The normalized spacial score (nSPS) is 15.7. The van der Waals surface area contributed by atoms with E-state index in [1.54, 1.807) is 17.0 Å². The van der Waals surface area contributed by atoms with Gasteiger partial charge in [-0.15, -0.1) is 0 Å². The summed E-state index contributed by atoms with van der Waals surface area (Å²) < 4.78 is 1.01. The maximum absolute atomic E-state index is 13.5. The van der Waals surface area contributed by atoms with Gasteiger partial charge in [0.25, 0.3) is 5.91 Å². The minimum Gasteiger partial charge on any atom is -0.361 e. The molecule has 6 nitrogen and oxygen atoms in total. The van der Waals surface area contributed by atoms with Crippen molar-refractivity contribution in [3.8, 4) is 0 Å². The molecule has 1 aromatic heterocycles. The Kier molecular flexibility index (Phi) is 6.68. The third-order valence-corrected chi connectivity index (χ3v) is 7.12. The summed E-state index contributed by atoms with van der Waals surface area (Å²) in [6.45, 7) is 0.345. The van der Waals surface area contributed by atoms with E-state index in [-0.39, 0.29) is 30.6 Å². The van der Waals surface area contributed by atoms with E-state index in [2.05, 4.69) is 27.6 Å². The molecule has 1 N–H and O–H groups in total. The Morgan fingerprint density at radius 3 is 2.46 bits per heavy atom. The number of imide groups is 1. The first-order chi connectivity index (χ1) is 17.0. The number of halogens is 1. The molecule has 1 saturated heterocycles. The van der Waals surface area contributed by atoms with Crippen molar-refractivity contribution in [2.24, 2.45) is 0 Å². The average Bonchev–Trinajstić information content (AvgIpc) is 3.41. The first-order valence-corrected chi connectivity index (χ1v) is 12.6. The topological polar surface area (TPSA) is 73.5 Å². The van der Waals surface area contributed by atoms with Crippen LogP contribution in [0.15, 0.2) is 85.1 Å². The quantitative estimate of drug-likeness (QED) is 0.255. The SMILES string of the molecule is O=C1CC(N(CCc2c[nH]c3ccccc23)C(=O)Cc2ccccc2)C(=O)N1c1ccc(I)cc1. The van der Waals surface area contributed by atoms with Crippen LogP contribution in [-0.4, -0.2) is 40.2 Å². The summed E-state index contributed by atoms with van der Waals surface area (Å²) in [5.41, 5.74) is 3.52. The van der Waals surface area contributed by atoms with Crippen LogP contribution >= 0.6 is 22.6 Å². The smallest absolute Gasteiger partial charge is 0.257 e. The van der Waals surface area contributed by atoms with Crippen molar-refractivity contribution in [3.05, 3.63) is 99.8 Å². The van der Waals surface area contributed by atoms with Gasteiger partial charge in [0.05, 0.1) is 18.5 Å². The predicted molar refractivity (Wildman–Crippen MR) is 144 cm³/mol. The number of amides is 3. The highest BCUT2D eigenvalue weighted by Crippen LogP contribution is 2.28. The van der Waals surface area contributed by atoms with Crippen LogP contribution in [0, 0.1) is 3.57 Å². The van der Waals surface area contributed by atoms with Gasteiger partial charge in [0.1, 0.15) is 6.04 Å². The third-order valence-electron chi connectivity index (χ3n) is 6.40. The van der Waals surface area contributed by atoms with E-state index in [9.17, 15) is 14.4 Å². The number of carbonyl (C=O) groups excluding carboxylic acids is 3. The second-order valence-corrected chi connectivity index (χ2v) is 9.87. The van der Waals surface area contributed by atoms with Gasteiger partial charge >= 0.3 is 0 Å². The van der Waals surface area contributed by atoms with Crippen LogP contribution in [0.5, 0.6) is 0 Å². The highest BCUT2D eigenvalue weighted by Gasteiger charge is 2.44. The average molecular weight is 577 g/mol. The fraction of sp³-hybridized carbons (Fsp3) is 0.179. The standard InChI is InChI=1S/C28H24IN3O3/c29-21-10-12-22(13-11-21)32-27(34)17-25(28(32)35)31(26(33)16-19-6-2-1-3-7-19)15-14-20-18-30-24-9-5-4-8-23(20)24/h1-13,18,25,30H,14-17H2. The Balaban J connectivity index is 1.42. The van der Waals surface area contributed by atoms with Crippen molar-refractivity contribution in [1.82, 2.24) is 9.88 Å². The predicted octanol–water partition coefficient (Wildman–Crippen LogP) is 4.72. The number of nitrogens with zero attached hydrogens (tertiary/aromatic N) is 2. The number of para-hydroxylation sites is 1. The molecule has 1 atom stereocenters. The lowest BCUT2D eigenvalue weighted by Crippen LogP contribution is -2.47. The zero-order valence-electron chi connectivity index (χ0n) is 19.0. The van der Waals surface area contributed by atoms with Crippen molar-refractivity contribution in [2.45, 2.75) is 25.3 Å². The van der Waals surface area contributed by atoms with Gasteiger partial charge in [-0.2, -0.15) is 0 Å². The summed E-state index contributed by atoms with van der Waals surface area (Å²) in [7, 11) is 0. The van der Waals surface area contributed by atoms with Crippen molar-refractivity contribution in [2.75, 3.05) is 11.4 Å². The zero-order chi connectivity index (χ0) is 24.4. The minimum atomic E-state index is -0.816. The number of H-pyrrole nitrogens is 1. The lowest BCUT2D eigenvalue weighted by Gasteiger charge is -2.28. The van der Waals surface area contributed by atoms with Gasteiger partial charge in [0.2, 0.25) is 11.8 Å². The summed E-state index contributed by atoms with van der Waals surface area (Å²) in [4.78, 5) is 46.0. The van der Waals surface area contributed by atoms with E-state index < -0.39 is 6.04 Å². The first-order valence-electron chi connectivity index (χ1n) is 11.5. The summed E-state index contributed by atoms with van der Waals surface area (Å²) in [6, 6.07) is 23.9. The summed E-state index contributed by atoms with van der Waals surface area (Å²) in [5, 5.41) is 1.09. The molecule has 176 valence electrons. The largest absolute Gasteiger partial charge is 0.361 e. The molecule has 1 aliphatic heterocycles. The second kappa shape index (κ2) is 10.0. The molecule has 1 unspecified atom stereocenters. The molecular weight excluding hydrogens is 553 g/mol. The maximum atomic E-state index is 13.5. The second-order valence-electron chi connectivity index (χ2n) is 8.62. The van der Waals surface area contributed by atoms with Crippen LogP contribution in [0.1, 0.15) is 17.5 Å². The van der Waals surface area contributed by atoms with E-state index in [1.807, 2.05) is 72.9 Å². The van der Waals surface area contributed by atoms with E-state index in [0.717, 1.165) is 25.6 Å². The Bertz CT molecular complexity index is 1380. The lowest BCUT2D eigenvalue weighted by molar-refractivity contribution is -0.137. The van der Waals surface area contributed by atoms with Gasteiger partial charge in [-0.05, 0) is 70.5 Å². The molecule has 2 heterocycles. The Labute approximate surface area is 217 Å². The molecule has 0 radical (unpaired) electrons. The summed E-state index contributed by atoms with van der Waals surface area (Å²) in [6.07, 6.45) is 2.69. The number of hydrogen-bond donors (Lipinski definition) is 1. The molecule has 0 saturated carbocycles. The van der Waals surface area contributed by atoms with Crippen LogP contribution in [0.4, 0.5) is 5.69 Å². The third kappa shape index (κ3) is 4.86. The Morgan fingerprint density at radius 2 is 1.69 bits per heavy atom. The van der Waals surface area contributed by atoms with Gasteiger partial charge in [-0.3, -0.25) is 14.4 Å². The number of rotatable bonds is 7. The molecule has 35 heavy (non-hydrogen) atoms. The lowest BCUT2D eigenvalue weighted by atomic mass is 10.1. The Hall–Kier alpha value is -3.46. The number of aromatic amines is 1. The number of aromatic nitrogens is 1. The molecule has 5 rings (SSSR count). The number of nitrogens with one attached hydrogen (secondary N) is 1. The van der Waals surface area contributed by atoms with Gasteiger partial charge in [-0.1, -0.05) is 48.5 Å². The van der Waals surface area contributed by atoms with Gasteiger partial charge in [0, 0.05) is 27.2 Å². The molecule has 0 bridgehead atoms. The molecule has 3 aromatic carbocycles. The highest BCUT2D eigenvalue weighted by molar-refractivity contribution is 14.1. The Morgan fingerprint density at radius 1 is 0.971 bits per heavy atom. The molecule has 0 spiro atoms. The molecule has 0 aliphatic carbocycles. The number of carbonyl (C=O) groups is 3. The number of hydrogen-bond acceptors (Lipinski definition) is 3. The van der Waals surface area contributed by atoms with Crippen molar-refractivity contribution >= 4 is 56.9 Å².